The highest BCUT2D eigenvalue weighted by molar-refractivity contribution is 6.35. The zero-order chi connectivity index (χ0) is 16.1. The molecule has 0 saturated heterocycles. The molecule has 0 amide bonds. The minimum absolute atomic E-state index is 0.296. The molecule has 3 aromatic rings. The minimum Gasteiger partial charge on any atom is -0.321 e. The van der Waals surface area contributed by atoms with E-state index in [1.54, 1.807) is 24.3 Å². The number of benzene rings is 1. The van der Waals surface area contributed by atoms with Gasteiger partial charge in [-0.25, -0.2) is 9.55 Å². The maximum absolute atomic E-state index is 13.0. The second-order valence-electron chi connectivity index (χ2n) is 5.68. The lowest BCUT2D eigenvalue weighted by molar-refractivity contribution is 0.571. The SMILES string of the molecule is NC(c1nc2cccc(Cl)c2c(=O)n1-c1cc(Cl)[nH]n1)C1CC1. The van der Waals surface area contributed by atoms with Gasteiger partial charge in [0.2, 0.25) is 0 Å². The lowest BCUT2D eigenvalue weighted by atomic mass is 10.1. The number of H-pyrrole nitrogens is 1. The average molecular weight is 350 g/mol. The van der Waals surface area contributed by atoms with E-state index < -0.39 is 0 Å². The van der Waals surface area contributed by atoms with Crippen LogP contribution in [0.2, 0.25) is 10.2 Å². The Morgan fingerprint density at radius 3 is 2.78 bits per heavy atom. The van der Waals surface area contributed by atoms with Crippen LogP contribution in [0.4, 0.5) is 0 Å². The van der Waals surface area contributed by atoms with Gasteiger partial charge in [0.15, 0.2) is 5.82 Å². The smallest absolute Gasteiger partial charge is 0.268 e. The number of fused-ring (bicyclic) bond motifs is 1. The molecule has 2 aromatic heterocycles. The molecule has 118 valence electrons. The molecule has 1 atom stereocenters. The fraction of sp³-hybridized carbons (Fsp3) is 0.267. The Morgan fingerprint density at radius 2 is 2.13 bits per heavy atom. The van der Waals surface area contributed by atoms with Gasteiger partial charge in [0, 0.05) is 6.07 Å². The van der Waals surface area contributed by atoms with Gasteiger partial charge in [0.05, 0.1) is 22.0 Å². The van der Waals surface area contributed by atoms with Crippen molar-refractivity contribution in [2.24, 2.45) is 11.7 Å². The van der Waals surface area contributed by atoms with Crippen molar-refractivity contribution in [2.45, 2.75) is 18.9 Å². The number of halogens is 2. The third-order valence-electron chi connectivity index (χ3n) is 4.06. The zero-order valence-corrected chi connectivity index (χ0v) is 13.5. The summed E-state index contributed by atoms with van der Waals surface area (Å²) >= 11 is 12.1. The largest absolute Gasteiger partial charge is 0.321 e. The van der Waals surface area contributed by atoms with Crippen molar-refractivity contribution in [2.75, 3.05) is 0 Å². The van der Waals surface area contributed by atoms with Crippen LogP contribution in [0.5, 0.6) is 0 Å². The predicted octanol–water partition coefficient (Wildman–Crippen LogP) is 2.83. The molecule has 23 heavy (non-hydrogen) atoms. The molecule has 0 radical (unpaired) electrons. The summed E-state index contributed by atoms with van der Waals surface area (Å²) in [4.78, 5) is 17.6. The van der Waals surface area contributed by atoms with Crippen LogP contribution in [0.15, 0.2) is 29.1 Å². The quantitative estimate of drug-likeness (QED) is 0.760. The van der Waals surface area contributed by atoms with Crippen LogP contribution < -0.4 is 11.3 Å². The highest BCUT2D eigenvalue weighted by Gasteiger charge is 2.33. The third kappa shape index (κ3) is 2.43. The molecular weight excluding hydrogens is 337 g/mol. The summed E-state index contributed by atoms with van der Waals surface area (Å²) in [6, 6.07) is 6.42. The summed E-state index contributed by atoms with van der Waals surface area (Å²) in [5.74, 6) is 1.18. The van der Waals surface area contributed by atoms with E-state index in [1.807, 2.05) is 0 Å². The number of hydrogen-bond acceptors (Lipinski definition) is 4. The van der Waals surface area contributed by atoms with Crippen LogP contribution in [0, 0.1) is 5.92 Å². The fourth-order valence-corrected chi connectivity index (χ4v) is 3.11. The fourth-order valence-electron chi connectivity index (χ4n) is 2.72. The van der Waals surface area contributed by atoms with Gasteiger partial charge >= 0.3 is 0 Å². The Hall–Kier alpha value is -1.89. The molecule has 1 fully saturated rings. The van der Waals surface area contributed by atoms with Gasteiger partial charge in [-0.15, -0.1) is 0 Å². The van der Waals surface area contributed by atoms with E-state index in [2.05, 4.69) is 15.2 Å². The van der Waals surface area contributed by atoms with Crippen molar-refractivity contribution in [1.82, 2.24) is 19.7 Å². The second-order valence-corrected chi connectivity index (χ2v) is 6.50. The van der Waals surface area contributed by atoms with E-state index in [4.69, 9.17) is 28.9 Å². The van der Waals surface area contributed by atoms with E-state index >= 15 is 0 Å². The molecule has 0 bridgehead atoms. The molecule has 4 rings (SSSR count). The minimum atomic E-state index is -0.332. The van der Waals surface area contributed by atoms with Crippen LogP contribution in [-0.4, -0.2) is 19.7 Å². The van der Waals surface area contributed by atoms with Gasteiger partial charge in [-0.2, -0.15) is 5.10 Å². The van der Waals surface area contributed by atoms with Crippen LogP contribution in [-0.2, 0) is 0 Å². The number of hydrogen-bond donors (Lipinski definition) is 2. The van der Waals surface area contributed by atoms with Gasteiger partial charge in [-0.1, -0.05) is 29.3 Å². The van der Waals surface area contributed by atoms with Crippen molar-refractivity contribution >= 4 is 34.1 Å². The summed E-state index contributed by atoms with van der Waals surface area (Å²) in [7, 11) is 0. The molecule has 1 unspecified atom stereocenters. The topological polar surface area (TPSA) is 89.6 Å². The van der Waals surface area contributed by atoms with Crippen molar-refractivity contribution in [1.29, 1.82) is 0 Å². The summed E-state index contributed by atoms with van der Waals surface area (Å²) in [6.07, 6.45) is 2.07. The van der Waals surface area contributed by atoms with Gasteiger partial charge in [-0.05, 0) is 30.9 Å². The third-order valence-corrected chi connectivity index (χ3v) is 4.57. The van der Waals surface area contributed by atoms with E-state index in [0.29, 0.717) is 38.6 Å². The van der Waals surface area contributed by atoms with Gasteiger partial charge in [-0.3, -0.25) is 9.89 Å². The van der Waals surface area contributed by atoms with Crippen molar-refractivity contribution < 1.29 is 0 Å². The van der Waals surface area contributed by atoms with Crippen LogP contribution in [0.1, 0.15) is 24.7 Å². The summed E-state index contributed by atoms with van der Waals surface area (Å²) in [5, 5.41) is 7.72. The molecule has 0 spiro atoms. The first-order valence-electron chi connectivity index (χ1n) is 7.24. The molecule has 1 aliphatic rings. The number of nitrogens with zero attached hydrogens (tertiary/aromatic N) is 3. The van der Waals surface area contributed by atoms with E-state index in [0.717, 1.165) is 12.8 Å². The summed E-state index contributed by atoms with van der Waals surface area (Å²) in [5.41, 5.74) is 6.55. The molecule has 1 saturated carbocycles. The van der Waals surface area contributed by atoms with Gasteiger partial charge in [0.1, 0.15) is 11.0 Å². The standard InChI is InChI=1S/C15H13Cl2N5O/c16-8-2-1-3-9-12(8)15(23)22(11-6-10(17)20-21-11)14(19-9)13(18)7-4-5-7/h1-3,6-7,13H,4-5,18H2,(H,20,21). The number of nitrogens with two attached hydrogens (primary N) is 1. The first-order chi connectivity index (χ1) is 11.1. The maximum atomic E-state index is 13.0. The van der Waals surface area contributed by atoms with Crippen molar-refractivity contribution in [3.05, 3.63) is 50.6 Å². The predicted molar refractivity (Wildman–Crippen MR) is 89.2 cm³/mol. The molecule has 1 aromatic carbocycles. The molecule has 6 nitrogen and oxygen atoms in total. The van der Waals surface area contributed by atoms with E-state index in [-0.39, 0.29) is 11.6 Å². The molecule has 3 N–H and O–H groups in total. The van der Waals surface area contributed by atoms with Gasteiger partial charge in [0.25, 0.3) is 5.56 Å². The highest BCUT2D eigenvalue weighted by Crippen LogP contribution is 2.39. The molecule has 8 heteroatoms. The summed E-state index contributed by atoms with van der Waals surface area (Å²) in [6.45, 7) is 0. The molecule has 2 heterocycles. The number of aromatic amines is 1. The lowest BCUT2D eigenvalue weighted by Gasteiger charge is -2.16. The zero-order valence-electron chi connectivity index (χ0n) is 12.0. The molecule has 1 aliphatic carbocycles. The molecular formula is C15H13Cl2N5O. The normalized spacial score (nSPS) is 16.0. The number of nitrogens with one attached hydrogen (secondary N) is 1. The van der Waals surface area contributed by atoms with Crippen molar-refractivity contribution in [3.63, 3.8) is 0 Å². The first kappa shape index (κ1) is 14.7. The summed E-state index contributed by atoms with van der Waals surface area (Å²) < 4.78 is 1.40. The Kier molecular flexibility index (Phi) is 3.41. The number of rotatable bonds is 3. The monoisotopic (exact) mass is 349 g/mol. The van der Waals surface area contributed by atoms with Crippen molar-refractivity contribution in [3.8, 4) is 5.82 Å². The van der Waals surface area contributed by atoms with E-state index in [9.17, 15) is 4.79 Å². The lowest BCUT2D eigenvalue weighted by Crippen LogP contribution is -2.29. The second kappa shape index (κ2) is 5.33. The first-order valence-corrected chi connectivity index (χ1v) is 8.00. The van der Waals surface area contributed by atoms with Crippen LogP contribution in [0.3, 0.4) is 0 Å². The highest BCUT2D eigenvalue weighted by atomic mass is 35.5. The van der Waals surface area contributed by atoms with E-state index in [1.165, 1.54) is 4.57 Å². The number of aromatic nitrogens is 4. The Morgan fingerprint density at radius 1 is 1.35 bits per heavy atom. The Balaban J connectivity index is 2.07. The maximum Gasteiger partial charge on any atom is 0.268 e. The Labute approximate surface area is 141 Å². The average Bonchev–Trinajstić information content (AvgIpc) is 3.28. The van der Waals surface area contributed by atoms with Crippen LogP contribution >= 0.6 is 23.2 Å². The van der Waals surface area contributed by atoms with Gasteiger partial charge < -0.3 is 5.73 Å². The van der Waals surface area contributed by atoms with Crippen LogP contribution in [0.25, 0.3) is 16.7 Å². The Bertz CT molecular complexity index is 960. The molecule has 0 aliphatic heterocycles.